The largest absolute Gasteiger partial charge is 0.306 e. The molecule has 0 aliphatic carbocycles. The Morgan fingerprint density at radius 3 is 2.57 bits per heavy atom. The summed E-state index contributed by atoms with van der Waals surface area (Å²) < 4.78 is 29.3. The summed E-state index contributed by atoms with van der Waals surface area (Å²) in [4.78, 5) is 2.68. The second kappa shape index (κ2) is 6.33. The number of aryl methyl sites for hydroxylation is 1. The summed E-state index contributed by atoms with van der Waals surface area (Å²) in [6.07, 6.45) is 0.849. The first-order valence-electron chi connectivity index (χ1n) is 9.77. The molecule has 1 saturated heterocycles. The van der Waals surface area contributed by atoms with Crippen LogP contribution in [0.3, 0.4) is 0 Å². The number of hydrogen-bond acceptors (Lipinski definition) is 3. The Hall–Kier alpha value is -2.37. The first-order chi connectivity index (χ1) is 13.4. The molecule has 0 saturated carbocycles. The van der Waals surface area contributed by atoms with Gasteiger partial charge in [-0.05, 0) is 61.5 Å². The van der Waals surface area contributed by atoms with Crippen LogP contribution < -0.4 is 4.31 Å². The predicted octanol–water partition coefficient (Wildman–Crippen LogP) is 4.14. The van der Waals surface area contributed by atoms with E-state index < -0.39 is 10.0 Å². The Bertz CT molecular complexity index is 1170. The molecule has 0 aromatic heterocycles. The summed E-state index contributed by atoms with van der Waals surface area (Å²) >= 11 is 0. The molecule has 2 aliphatic heterocycles. The number of fused-ring (bicyclic) bond motifs is 4. The molecule has 2 aliphatic rings. The van der Waals surface area contributed by atoms with Gasteiger partial charge < -0.3 is 4.90 Å². The highest BCUT2D eigenvalue weighted by molar-refractivity contribution is 7.93. The SMILES string of the molecule is Cc1ccc2c(c1)[C@@H]1CN(C)CC[C@H]1N2S(=O)(=O)c1ccc2ccccc2c1. The van der Waals surface area contributed by atoms with Crippen LogP contribution in [0, 0.1) is 6.92 Å². The maximum atomic E-state index is 13.8. The summed E-state index contributed by atoms with van der Waals surface area (Å²) in [5, 5.41) is 2.00. The average Bonchev–Trinajstić information content (AvgIpc) is 3.01. The normalized spacial score (nSPS) is 22.3. The van der Waals surface area contributed by atoms with Crippen LogP contribution in [0.15, 0.2) is 65.6 Å². The average molecular weight is 393 g/mol. The van der Waals surface area contributed by atoms with Crippen LogP contribution in [0.25, 0.3) is 10.8 Å². The second-order valence-electron chi connectivity index (χ2n) is 8.10. The fourth-order valence-corrected chi connectivity index (χ4v) is 6.57. The molecule has 0 radical (unpaired) electrons. The van der Waals surface area contributed by atoms with E-state index in [0.717, 1.165) is 36.0 Å². The molecule has 2 atom stereocenters. The number of piperidine rings is 1. The van der Waals surface area contributed by atoms with Crippen molar-refractivity contribution in [2.75, 3.05) is 24.4 Å². The van der Waals surface area contributed by atoms with E-state index >= 15 is 0 Å². The minimum absolute atomic E-state index is 0.00975. The lowest BCUT2D eigenvalue weighted by Crippen LogP contribution is -2.47. The van der Waals surface area contributed by atoms with Crippen molar-refractivity contribution in [3.63, 3.8) is 0 Å². The van der Waals surface area contributed by atoms with E-state index in [1.54, 1.807) is 16.4 Å². The van der Waals surface area contributed by atoms with Gasteiger partial charge in [0.05, 0.1) is 16.6 Å². The van der Waals surface area contributed by atoms with Crippen molar-refractivity contribution < 1.29 is 8.42 Å². The molecule has 28 heavy (non-hydrogen) atoms. The van der Waals surface area contributed by atoms with Gasteiger partial charge in [0.2, 0.25) is 0 Å². The number of likely N-dealkylation sites (tertiary alicyclic amines) is 1. The molecule has 5 heteroatoms. The Labute approximate surface area is 166 Å². The van der Waals surface area contributed by atoms with Gasteiger partial charge in [-0.3, -0.25) is 4.31 Å². The minimum Gasteiger partial charge on any atom is -0.306 e. The van der Waals surface area contributed by atoms with Gasteiger partial charge in [0, 0.05) is 12.5 Å². The lowest BCUT2D eigenvalue weighted by Gasteiger charge is -2.36. The van der Waals surface area contributed by atoms with Gasteiger partial charge in [0.1, 0.15) is 0 Å². The molecule has 3 aromatic rings. The first kappa shape index (κ1) is 17.7. The van der Waals surface area contributed by atoms with E-state index in [4.69, 9.17) is 0 Å². The molecule has 0 unspecified atom stereocenters. The van der Waals surface area contributed by atoms with Crippen molar-refractivity contribution in [3.05, 3.63) is 71.8 Å². The van der Waals surface area contributed by atoms with Gasteiger partial charge in [-0.25, -0.2) is 8.42 Å². The Morgan fingerprint density at radius 1 is 0.964 bits per heavy atom. The summed E-state index contributed by atoms with van der Waals surface area (Å²) in [6, 6.07) is 19.5. The van der Waals surface area contributed by atoms with Crippen molar-refractivity contribution in [2.24, 2.45) is 0 Å². The van der Waals surface area contributed by atoms with Gasteiger partial charge in [0.15, 0.2) is 0 Å². The number of sulfonamides is 1. The Kier molecular flexibility index (Phi) is 4.00. The van der Waals surface area contributed by atoms with Gasteiger partial charge >= 0.3 is 0 Å². The van der Waals surface area contributed by atoms with Crippen LogP contribution in [0.5, 0.6) is 0 Å². The molecule has 1 fully saturated rings. The zero-order valence-corrected chi connectivity index (χ0v) is 17.0. The molecule has 4 nitrogen and oxygen atoms in total. The van der Waals surface area contributed by atoms with Crippen LogP contribution in [-0.2, 0) is 10.0 Å². The second-order valence-corrected chi connectivity index (χ2v) is 9.91. The van der Waals surface area contributed by atoms with Crippen LogP contribution in [-0.4, -0.2) is 39.5 Å². The number of nitrogens with zero attached hydrogens (tertiary/aromatic N) is 2. The maximum absolute atomic E-state index is 13.8. The minimum atomic E-state index is -3.63. The van der Waals surface area contributed by atoms with E-state index in [9.17, 15) is 8.42 Å². The van der Waals surface area contributed by atoms with Crippen molar-refractivity contribution in [1.29, 1.82) is 0 Å². The van der Waals surface area contributed by atoms with Gasteiger partial charge in [-0.15, -0.1) is 0 Å². The highest BCUT2D eigenvalue weighted by Crippen LogP contribution is 2.47. The lowest BCUT2D eigenvalue weighted by molar-refractivity contribution is 0.237. The molecule has 2 heterocycles. The quantitative estimate of drug-likeness (QED) is 0.658. The summed E-state index contributed by atoms with van der Waals surface area (Å²) in [5.74, 6) is 0.226. The van der Waals surface area contributed by atoms with Crippen LogP contribution in [0.4, 0.5) is 5.69 Å². The fourth-order valence-electron chi connectivity index (χ4n) is 4.79. The standard InChI is InChI=1S/C23H24N2O2S/c1-16-7-10-22-20(13-16)21-15-24(2)12-11-23(21)25(22)28(26,27)19-9-8-17-5-3-4-6-18(17)14-19/h3-10,13-14,21,23H,11-12,15H2,1-2H3/t21-,23+/m0/s1. The molecule has 3 aromatic carbocycles. The lowest BCUT2D eigenvalue weighted by atomic mass is 9.89. The third-order valence-electron chi connectivity index (χ3n) is 6.18. The van der Waals surface area contributed by atoms with Crippen molar-refractivity contribution in [1.82, 2.24) is 4.90 Å². The Balaban J connectivity index is 1.66. The number of benzene rings is 3. The molecule has 0 bridgehead atoms. The zero-order chi connectivity index (χ0) is 19.5. The van der Waals surface area contributed by atoms with Crippen molar-refractivity contribution in [2.45, 2.75) is 30.2 Å². The smallest absolute Gasteiger partial charge is 0.264 e. The zero-order valence-electron chi connectivity index (χ0n) is 16.2. The van der Waals surface area contributed by atoms with E-state index in [1.807, 2.05) is 42.5 Å². The number of hydrogen-bond donors (Lipinski definition) is 0. The number of likely N-dealkylation sites (N-methyl/N-ethyl adjacent to an activating group) is 1. The van der Waals surface area contributed by atoms with Crippen molar-refractivity contribution >= 4 is 26.5 Å². The highest BCUT2D eigenvalue weighted by Gasteiger charge is 2.46. The van der Waals surface area contributed by atoms with Gasteiger partial charge in [0.25, 0.3) is 10.0 Å². The Morgan fingerprint density at radius 2 is 1.75 bits per heavy atom. The molecular formula is C23H24N2O2S. The summed E-state index contributed by atoms with van der Waals surface area (Å²) in [5.41, 5.74) is 3.20. The monoisotopic (exact) mass is 392 g/mol. The molecule has 144 valence electrons. The summed E-state index contributed by atoms with van der Waals surface area (Å²) in [6.45, 7) is 3.88. The van der Waals surface area contributed by atoms with Crippen molar-refractivity contribution in [3.8, 4) is 0 Å². The maximum Gasteiger partial charge on any atom is 0.264 e. The molecule has 5 rings (SSSR count). The third kappa shape index (κ3) is 2.65. The van der Waals surface area contributed by atoms with E-state index in [0.29, 0.717) is 4.90 Å². The molecule has 0 amide bonds. The molecule has 0 spiro atoms. The van der Waals surface area contributed by atoms with E-state index in [2.05, 4.69) is 24.9 Å². The predicted molar refractivity (Wildman–Crippen MR) is 113 cm³/mol. The topological polar surface area (TPSA) is 40.6 Å². The molecular weight excluding hydrogens is 368 g/mol. The fraction of sp³-hybridized carbons (Fsp3) is 0.304. The van der Waals surface area contributed by atoms with Gasteiger partial charge in [-0.2, -0.15) is 0 Å². The summed E-state index contributed by atoms with van der Waals surface area (Å²) in [7, 11) is -1.51. The number of anilines is 1. The van der Waals surface area contributed by atoms with Crippen LogP contribution in [0.1, 0.15) is 23.5 Å². The highest BCUT2D eigenvalue weighted by atomic mass is 32.2. The van der Waals surface area contributed by atoms with Crippen LogP contribution in [0.2, 0.25) is 0 Å². The van der Waals surface area contributed by atoms with E-state index in [-0.39, 0.29) is 12.0 Å². The third-order valence-corrected chi connectivity index (χ3v) is 8.01. The first-order valence-corrected chi connectivity index (χ1v) is 11.2. The van der Waals surface area contributed by atoms with Crippen LogP contribution >= 0.6 is 0 Å². The molecule has 0 N–H and O–H groups in total. The number of rotatable bonds is 2. The van der Waals surface area contributed by atoms with E-state index in [1.165, 1.54) is 11.1 Å². The van der Waals surface area contributed by atoms with Gasteiger partial charge in [-0.1, -0.05) is 48.0 Å².